The number of hydrogen-bond acceptors (Lipinski definition) is 6. The van der Waals surface area contributed by atoms with E-state index in [1.165, 1.54) is 0 Å². The van der Waals surface area contributed by atoms with Crippen LogP contribution in [-0.2, 0) is 11.2 Å². The molecule has 1 saturated heterocycles. The summed E-state index contributed by atoms with van der Waals surface area (Å²) in [5, 5.41) is 7.91. The molecule has 0 radical (unpaired) electrons. The molecule has 0 bridgehead atoms. The van der Waals surface area contributed by atoms with Gasteiger partial charge in [0.15, 0.2) is 0 Å². The maximum atomic E-state index is 12.9. The molecular formula is C22H26N6O2. The van der Waals surface area contributed by atoms with Crippen LogP contribution in [0.15, 0.2) is 35.1 Å². The monoisotopic (exact) mass is 406 g/mol. The maximum absolute atomic E-state index is 12.9. The van der Waals surface area contributed by atoms with Crippen molar-refractivity contribution in [2.24, 2.45) is 0 Å². The third-order valence-corrected chi connectivity index (χ3v) is 5.42. The van der Waals surface area contributed by atoms with Crippen molar-refractivity contribution < 1.29 is 4.79 Å². The van der Waals surface area contributed by atoms with Gasteiger partial charge in [-0.25, -0.2) is 15.1 Å². The lowest BCUT2D eigenvalue weighted by atomic mass is 10.1. The number of nitrogens with zero attached hydrogens (tertiary/aromatic N) is 5. The number of nitrogens with one attached hydrogen (secondary N) is 1. The molecule has 1 aromatic carbocycles. The summed E-state index contributed by atoms with van der Waals surface area (Å²) in [6.07, 6.45) is 0.168. The minimum Gasteiger partial charge on any atom is -0.353 e. The van der Waals surface area contributed by atoms with Gasteiger partial charge in [0, 0.05) is 49.2 Å². The van der Waals surface area contributed by atoms with Gasteiger partial charge in [-0.3, -0.25) is 9.59 Å². The van der Waals surface area contributed by atoms with E-state index in [9.17, 15) is 9.59 Å². The van der Waals surface area contributed by atoms with Crippen molar-refractivity contribution in [1.82, 2.24) is 25.1 Å². The Bertz CT molecular complexity index is 1130. The normalized spacial score (nSPS) is 14.5. The fourth-order valence-corrected chi connectivity index (χ4v) is 3.74. The summed E-state index contributed by atoms with van der Waals surface area (Å²) in [5.41, 5.74) is 1.32. The zero-order valence-corrected chi connectivity index (χ0v) is 17.6. The molecule has 3 aromatic rings. The molecule has 1 fully saturated rings. The van der Waals surface area contributed by atoms with E-state index in [4.69, 9.17) is 4.98 Å². The minimum absolute atomic E-state index is 0.0149. The summed E-state index contributed by atoms with van der Waals surface area (Å²) >= 11 is 0. The highest BCUT2D eigenvalue weighted by molar-refractivity contribution is 5.88. The molecule has 1 aliphatic rings. The van der Waals surface area contributed by atoms with Crippen molar-refractivity contribution in [3.8, 4) is 0 Å². The number of anilines is 1. The van der Waals surface area contributed by atoms with Crippen LogP contribution in [0.2, 0.25) is 0 Å². The minimum atomic E-state index is -0.240. The highest BCUT2D eigenvalue weighted by atomic mass is 16.2. The highest BCUT2D eigenvalue weighted by Crippen LogP contribution is 2.19. The Morgan fingerprint density at radius 2 is 1.80 bits per heavy atom. The average Bonchev–Trinajstić information content (AvgIpc) is 2.75. The molecule has 0 saturated carbocycles. The van der Waals surface area contributed by atoms with Gasteiger partial charge in [0.1, 0.15) is 11.6 Å². The Morgan fingerprint density at radius 1 is 1.10 bits per heavy atom. The SMILES string of the molecule is Cc1cc(N2CCN(C(=O)Cc3n[nH]c(=O)c4ccccc34)CC2)nc(C(C)C)n1. The molecule has 4 rings (SSSR count). The van der Waals surface area contributed by atoms with Crippen LogP contribution in [0, 0.1) is 6.92 Å². The van der Waals surface area contributed by atoms with Crippen LogP contribution in [-0.4, -0.2) is 57.2 Å². The maximum Gasteiger partial charge on any atom is 0.272 e. The van der Waals surface area contributed by atoms with E-state index in [1.807, 2.05) is 36.1 Å². The fourth-order valence-electron chi connectivity index (χ4n) is 3.74. The molecule has 3 heterocycles. The van der Waals surface area contributed by atoms with Gasteiger partial charge in [-0.15, -0.1) is 0 Å². The number of benzene rings is 1. The predicted molar refractivity (Wildman–Crippen MR) is 116 cm³/mol. The third-order valence-electron chi connectivity index (χ3n) is 5.42. The number of H-pyrrole nitrogens is 1. The fraction of sp³-hybridized carbons (Fsp3) is 0.409. The number of hydrogen-bond donors (Lipinski definition) is 1. The Hall–Kier alpha value is -3.29. The summed E-state index contributed by atoms with van der Waals surface area (Å²) in [6.45, 7) is 8.85. The Balaban J connectivity index is 1.44. The van der Waals surface area contributed by atoms with Crippen molar-refractivity contribution in [3.63, 3.8) is 0 Å². The van der Waals surface area contributed by atoms with Crippen LogP contribution >= 0.6 is 0 Å². The Labute approximate surface area is 175 Å². The molecule has 0 atom stereocenters. The summed E-state index contributed by atoms with van der Waals surface area (Å²) in [6, 6.07) is 9.24. The third kappa shape index (κ3) is 4.03. The molecule has 156 valence electrons. The van der Waals surface area contributed by atoms with Gasteiger partial charge >= 0.3 is 0 Å². The molecule has 0 unspecified atom stereocenters. The largest absolute Gasteiger partial charge is 0.353 e. The van der Waals surface area contributed by atoms with E-state index in [0.29, 0.717) is 24.2 Å². The highest BCUT2D eigenvalue weighted by Gasteiger charge is 2.24. The molecule has 1 N–H and O–H groups in total. The van der Waals surface area contributed by atoms with Crippen LogP contribution in [0.3, 0.4) is 0 Å². The van der Waals surface area contributed by atoms with E-state index < -0.39 is 0 Å². The molecular weight excluding hydrogens is 380 g/mol. The number of aromatic amines is 1. The zero-order chi connectivity index (χ0) is 21.3. The number of fused-ring (bicyclic) bond motifs is 1. The van der Waals surface area contributed by atoms with Gasteiger partial charge in [0.05, 0.1) is 17.5 Å². The smallest absolute Gasteiger partial charge is 0.272 e. The number of carbonyl (C=O) groups excluding carboxylic acids is 1. The van der Waals surface area contributed by atoms with Crippen molar-refractivity contribution in [2.45, 2.75) is 33.1 Å². The second kappa shape index (κ2) is 8.22. The Kier molecular flexibility index (Phi) is 5.48. The first-order valence-electron chi connectivity index (χ1n) is 10.3. The van der Waals surface area contributed by atoms with E-state index in [-0.39, 0.29) is 23.8 Å². The second-order valence-corrected chi connectivity index (χ2v) is 7.97. The van der Waals surface area contributed by atoms with E-state index in [0.717, 1.165) is 35.8 Å². The van der Waals surface area contributed by atoms with Gasteiger partial charge < -0.3 is 9.80 Å². The van der Waals surface area contributed by atoms with Gasteiger partial charge in [-0.1, -0.05) is 32.0 Å². The molecule has 0 spiro atoms. The second-order valence-electron chi connectivity index (χ2n) is 7.97. The molecule has 2 aromatic heterocycles. The van der Waals surface area contributed by atoms with Gasteiger partial charge in [0.2, 0.25) is 5.91 Å². The number of carbonyl (C=O) groups is 1. The number of piperazine rings is 1. The van der Waals surface area contributed by atoms with Crippen molar-refractivity contribution in [1.29, 1.82) is 0 Å². The Morgan fingerprint density at radius 3 is 2.50 bits per heavy atom. The lowest BCUT2D eigenvalue weighted by molar-refractivity contribution is -0.130. The number of aryl methyl sites for hydroxylation is 1. The van der Waals surface area contributed by atoms with Crippen molar-refractivity contribution in [2.75, 3.05) is 31.1 Å². The first-order valence-corrected chi connectivity index (χ1v) is 10.3. The topological polar surface area (TPSA) is 95.1 Å². The van der Waals surface area contributed by atoms with Gasteiger partial charge in [-0.05, 0) is 13.0 Å². The first kappa shape index (κ1) is 20.0. The summed E-state index contributed by atoms with van der Waals surface area (Å²) in [4.78, 5) is 38.1. The summed E-state index contributed by atoms with van der Waals surface area (Å²) in [7, 11) is 0. The standard InChI is InChI=1S/C22H26N6O2/c1-14(2)21-23-15(3)12-19(24-21)27-8-10-28(11-9-27)20(29)13-18-16-6-4-5-7-17(16)22(30)26-25-18/h4-7,12,14H,8-11,13H2,1-3H3,(H,26,30). The number of amides is 1. The van der Waals surface area contributed by atoms with Crippen LogP contribution in [0.25, 0.3) is 10.8 Å². The molecule has 0 aliphatic carbocycles. The quantitative estimate of drug-likeness (QED) is 0.712. The van der Waals surface area contributed by atoms with Crippen LogP contribution in [0.5, 0.6) is 0 Å². The first-order chi connectivity index (χ1) is 14.4. The molecule has 1 amide bonds. The molecule has 8 nitrogen and oxygen atoms in total. The van der Waals surface area contributed by atoms with E-state index in [2.05, 4.69) is 33.9 Å². The average molecular weight is 406 g/mol. The lowest BCUT2D eigenvalue weighted by Gasteiger charge is -2.35. The summed E-state index contributed by atoms with van der Waals surface area (Å²) < 4.78 is 0. The molecule has 1 aliphatic heterocycles. The summed E-state index contributed by atoms with van der Waals surface area (Å²) in [5.74, 6) is 2.05. The van der Waals surface area contributed by atoms with Crippen molar-refractivity contribution >= 4 is 22.5 Å². The van der Waals surface area contributed by atoms with Gasteiger partial charge in [0.25, 0.3) is 5.56 Å². The molecule has 30 heavy (non-hydrogen) atoms. The van der Waals surface area contributed by atoms with E-state index >= 15 is 0 Å². The molecule has 8 heteroatoms. The van der Waals surface area contributed by atoms with E-state index in [1.54, 1.807) is 6.07 Å². The van der Waals surface area contributed by atoms with Crippen LogP contribution in [0.1, 0.15) is 37.0 Å². The number of aromatic nitrogens is 4. The van der Waals surface area contributed by atoms with Crippen molar-refractivity contribution in [3.05, 3.63) is 57.9 Å². The lowest BCUT2D eigenvalue weighted by Crippen LogP contribution is -2.49. The predicted octanol–water partition coefficient (Wildman–Crippen LogP) is 2.04. The number of rotatable bonds is 4. The van der Waals surface area contributed by atoms with Gasteiger partial charge in [-0.2, -0.15) is 5.10 Å². The van der Waals surface area contributed by atoms with Crippen LogP contribution in [0.4, 0.5) is 5.82 Å². The van der Waals surface area contributed by atoms with Crippen LogP contribution < -0.4 is 10.5 Å². The zero-order valence-electron chi connectivity index (χ0n) is 17.6.